The van der Waals surface area contributed by atoms with Gasteiger partial charge in [0.1, 0.15) is 0 Å². The summed E-state index contributed by atoms with van der Waals surface area (Å²) < 4.78 is 0. The molecule has 3 aromatic carbocycles. The van der Waals surface area contributed by atoms with Crippen LogP contribution in [-0.2, 0) is 0 Å². The molecule has 0 saturated carbocycles. The minimum absolute atomic E-state index is 1.05. The number of unbranched alkanes of at least 4 members (excludes halogenated alkanes) is 1. The van der Waals surface area contributed by atoms with Crippen molar-refractivity contribution < 1.29 is 0 Å². The Balaban J connectivity index is 1.69. The molecule has 0 aliphatic heterocycles. The van der Waals surface area contributed by atoms with Gasteiger partial charge in [-0.15, -0.1) is 32.8 Å². The van der Waals surface area contributed by atoms with Crippen molar-refractivity contribution in [3.8, 4) is 0 Å². The number of rotatable bonds is 12. The molecule has 1 unspecified atom stereocenters. The molecule has 0 aromatic heterocycles. The minimum atomic E-state index is 1.05. The standard InChI is InChI=1S/C29H33PS2/c1-4-5-19-31-28-14-10-24(11-15-28)22(2)26-8-6-9-27(21-26)23(3)25-12-16-29(17-13-25)32-20-7-18-30/h6,8-17,21H,2-5,7,18-20,30H2,1H3. The molecule has 0 radical (unpaired) electrons. The number of hydrogen-bond acceptors (Lipinski definition) is 2. The van der Waals surface area contributed by atoms with E-state index >= 15 is 0 Å². The van der Waals surface area contributed by atoms with Crippen molar-refractivity contribution in [3.63, 3.8) is 0 Å². The van der Waals surface area contributed by atoms with Crippen LogP contribution in [0.2, 0.25) is 0 Å². The molecule has 1 atom stereocenters. The highest BCUT2D eigenvalue weighted by molar-refractivity contribution is 7.99. The first-order chi connectivity index (χ1) is 15.6. The normalized spacial score (nSPS) is 10.8. The van der Waals surface area contributed by atoms with Gasteiger partial charge in [0, 0.05) is 9.79 Å². The maximum Gasteiger partial charge on any atom is 0.00723 e. The first-order valence-electron chi connectivity index (χ1n) is 11.3. The van der Waals surface area contributed by atoms with E-state index in [1.165, 1.54) is 40.4 Å². The number of hydrogen-bond donors (Lipinski definition) is 0. The molecule has 0 amide bonds. The van der Waals surface area contributed by atoms with E-state index in [4.69, 9.17) is 0 Å². The van der Waals surface area contributed by atoms with Crippen LogP contribution >= 0.6 is 32.8 Å². The van der Waals surface area contributed by atoms with Crippen molar-refractivity contribution in [2.75, 3.05) is 17.7 Å². The van der Waals surface area contributed by atoms with Crippen LogP contribution in [0.5, 0.6) is 0 Å². The Morgan fingerprint density at radius 1 is 0.688 bits per heavy atom. The molecule has 3 heteroatoms. The highest BCUT2D eigenvalue weighted by atomic mass is 32.2. The second-order valence-electron chi connectivity index (χ2n) is 7.78. The number of benzene rings is 3. The fraction of sp³-hybridized carbons (Fsp3) is 0.241. The zero-order valence-electron chi connectivity index (χ0n) is 19.0. The van der Waals surface area contributed by atoms with Crippen molar-refractivity contribution in [3.05, 3.63) is 108 Å². The lowest BCUT2D eigenvalue weighted by atomic mass is 9.94. The Bertz CT molecular complexity index is 939. The van der Waals surface area contributed by atoms with E-state index in [9.17, 15) is 0 Å². The summed E-state index contributed by atoms with van der Waals surface area (Å²) in [5, 5.41) is 0. The van der Waals surface area contributed by atoms with Gasteiger partial charge >= 0.3 is 0 Å². The minimum Gasteiger partial charge on any atom is -0.138 e. The van der Waals surface area contributed by atoms with Gasteiger partial charge in [-0.25, -0.2) is 0 Å². The van der Waals surface area contributed by atoms with Crippen LogP contribution in [0.3, 0.4) is 0 Å². The average Bonchev–Trinajstić information content (AvgIpc) is 2.84. The molecule has 166 valence electrons. The van der Waals surface area contributed by atoms with Gasteiger partial charge in [-0.05, 0) is 94.2 Å². The summed E-state index contributed by atoms with van der Waals surface area (Å²) in [6.07, 6.45) is 4.88. The summed E-state index contributed by atoms with van der Waals surface area (Å²) in [6, 6.07) is 26.1. The largest absolute Gasteiger partial charge is 0.138 e. The second-order valence-corrected chi connectivity index (χ2v) is 10.7. The molecule has 0 aliphatic carbocycles. The second kappa shape index (κ2) is 13.1. The maximum atomic E-state index is 4.38. The van der Waals surface area contributed by atoms with Crippen LogP contribution in [0, 0.1) is 0 Å². The van der Waals surface area contributed by atoms with Crippen LogP contribution in [0.1, 0.15) is 48.4 Å². The van der Waals surface area contributed by atoms with Crippen LogP contribution in [-0.4, -0.2) is 17.7 Å². The van der Waals surface area contributed by atoms with Crippen molar-refractivity contribution in [2.24, 2.45) is 0 Å². The van der Waals surface area contributed by atoms with Crippen LogP contribution in [0.4, 0.5) is 0 Å². The molecule has 0 saturated heterocycles. The monoisotopic (exact) mass is 476 g/mol. The van der Waals surface area contributed by atoms with Crippen molar-refractivity contribution in [1.29, 1.82) is 0 Å². The molecule has 0 aliphatic rings. The molecule has 32 heavy (non-hydrogen) atoms. The Morgan fingerprint density at radius 3 is 1.59 bits per heavy atom. The lowest BCUT2D eigenvalue weighted by Crippen LogP contribution is -1.91. The Hall–Kier alpha value is -1.73. The summed E-state index contributed by atoms with van der Waals surface area (Å²) in [6.45, 7) is 11.0. The lowest BCUT2D eigenvalue weighted by Gasteiger charge is -2.12. The maximum absolute atomic E-state index is 4.38. The van der Waals surface area contributed by atoms with Crippen LogP contribution in [0.25, 0.3) is 11.1 Å². The van der Waals surface area contributed by atoms with Gasteiger partial charge in [0.05, 0.1) is 0 Å². The fourth-order valence-electron chi connectivity index (χ4n) is 3.34. The zero-order valence-corrected chi connectivity index (χ0v) is 21.8. The van der Waals surface area contributed by atoms with Crippen molar-refractivity contribution in [2.45, 2.75) is 36.0 Å². The Kier molecular flexibility index (Phi) is 10.2. The van der Waals surface area contributed by atoms with Gasteiger partial charge in [0.25, 0.3) is 0 Å². The SMILES string of the molecule is C=C(c1ccc(SCCCC)cc1)c1cccc(C(=C)c2ccc(SCCCP)cc2)c1. The van der Waals surface area contributed by atoms with Crippen molar-refractivity contribution in [1.82, 2.24) is 0 Å². The third-order valence-corrected chi connectivity index (χ3v) is 7.95. The number of thioether (sulfide) groups is 2. The third kappa shape index (κ3) is 7.14. The molecular formula is C29H33PS2. The van der Waals surface area contributed by atoms with E-state index in [1.807, 2.05) is 23.5 Å². The molecule has 0 nitrogen and oxygen atoms in total. The molecule has 0 spiro atoms. The molecule has 3 aromatic rings. The fourth-order valence-corrected chi connectivity index (χ4v) is 5.71. The first kappa shape index (κ1) is 24.9. The summed E-state index contributed by atoms with van der Waals surface area (Å²) in [4.78, 5) is 2.64. The Labute approximate surface area is 205 Å². The molecule has 0 N–H and O–H groups in total. The smallest absolute Gasteiger partial charge is 0.00723 e. The van der Waals surface area contributed by atoms with Crippen LogP contribution < -0.4 is 0 Å². The van der Waals surface area contributed by atoms with Crippen LogP contribution in [0.15, 0.2) is 95.7 Å². The highest BCUT2D eigenvalue weighted by Gasteiger charge is 2.08. The molecule has 0 bridgehead atoms. The summed E-state index contributed by atoms with van der Waals surface area (Å²) in [5.74, 6) is 2.34. The molecular weight excluding hydrogens is 443 g/mol. The van der Waals surface area contributed by atoms with E-state index in [0.29, 0.717) is 0 Å². The third-order valence-electron chi connectivity index (χ3n) is 5.35. The molecule has 0 heterocycles. The summed E-state index contributed by atoms with van der Waals surface area (Å²) in [5.41, 5.74) is 6.70. The van der Waals surface area contributed by atoms with E-state index in [2.05, 4.69) is 102 Å². The molecule has 3 rings (SSSR count). The molecule has 0 fully saturated rings. The van der Waals surface area contributed by atoms with Crippen molar-refractivity contribution >= 4 is 43.9 Å². The van der Waals surface area contributed by atoms with E-state index < -0.39 is 0 Å². The topological polar surface area (TPSA) is 0 Å². The average molecular weight is 477 g/mol. The first-order valence-corrected chi connectivity index (χ1v) is 14.1. The van der Waals surface area contributed by atoms with Gasteiger partial charge in [0.2, 0.25) is 0 Å². The summed E-state index contributed by atoms with van der Waals surface area (Å²) in [7, 11) is 2.79. The highest BCUT2D eigenvalue weighted by Crippen LogP contribution is 2.30. The van der Waals surface area contributed by atoms with E-state index in [0.717, 1.165) is 39.8 Å². The predicted molar refractivity (Wildman–Crippen MR) is 151 cm³/mol. The van der Waals surface area contributed by atoms with Gasteiger partial charge in [-0.3, -0.25) is 0 Å². The Morgan fingerprint density at radius 2 is 1.16 bits per heavy atom. The quantitative estimate of drug-likeness (QED) is 0.145. The summed E-state index contributed by atoms with van der Waals surface area (Å²) >= 11 is 3.84. The van der Waals surface area contributed by atoms with Gasteiger partial charge in [0.15, 0.2) is 0 Å². The predicted octanol–water partition coefficient (Wildman–Crippen LogP) is 9.06. The lowest BCUT2D eigenvalue weighted by molar-refractivity contribution is 0.896. The van der Waals surface area contributed by atoms with Gasteiger partial charge in [-0.1, -0.05) is 69.0 Å². The van der Waals surface area contributed by atoms with E-state index in [-0.39, 0.29) is 0 Å². The zero-order chi connectivity index (χ0) is 22.8. The van der Waals surface area contributed by atoms with Gasteiger partial charge < -0.3 is 0 Å². The van der Waals surface area contributed by atoms with E-state index in [1.54, 1.807) is 0 Å². The van der Waals surface area contributed by atoms with Gasteiger partial charge in [-0.2, -0.15) is 0 Å².